The fourth-order valence-electron chi connectivity index (χ4n) is 3.34. The molecule has 1 aromatic carbocycles. The van der Waals surface area contributed by atoms with Crippen LogP contribution >= 0.6 is 0 Å². The average Bonchev–Trinajstić information content (AvgIpc) is 3.03. The van der Waals surface area contributed by atoms with Crippen LogP contribution in [0.2, 0.25) is 0 Å². The number of carbonyl (C=O) groups excluding carboxylic acids is 1. The summed E-state index contributed by atoms with van der Waals surface area (Å²) in [6.45, 7) is 4.14. The van der Waals surface area contributed by atoms with Gasteiger partial charge >= 0.3 is 5.97 Å². The van der Waals surface area contributed by atoms with Crippen molar-refractivity contribution < 1.29 is 19.4 Å². The van der Waals surface area contributed by atoms with Gasteiger partial charge in [-0.25, -0.2) is 14.3 Å². The number of benzene rings is 1. The molecule has 0 aliphatic carbocycles. The predicted molar refractivity (Wildman–Crippen MR) is 104 cm³/mol. The summed E-state index contributed by atoms with van der Waals surface area (Å²) in [7, 11) is 1.49. The third-order valence-corrected chi connectivity index (χ3v) is 4.86. The van der Waals surface area contributed by atoms with E-state index in [-0.39, 0.29) is 25.4 Å². The summed E-state index contributed by atoms with van der Waals surface area (Å²) in [5.74, 6) is -1.38. The summed E-state index contributed by atoms with van der Waals surface area (Å²) >= 11 is 0. The second-order valence-electron chi connectivity index (χ2n) is 6.75. The number of ether oxygens (including phenoxy) is 1. The minimum absolute atomic E-state index is 0.173. The number of hydrogen-bond donors (Lipinski definition) is 2. The van der Waals surface area contributed by atoms with Crippen LogP contribution in [0.25, 0.3) is 16.6 Å². The first-order chi connectivity index (χ1) is 13.4. The quantitative estimate of drug-likeness (QED) is 0.616. The lowest BCUT2D eigenvalue weighted by atomic mass is 10.1. The Hall–Kier alpha value is -3.00. The van der Waals surface area contributed by atoms with Gasteiger partial charge in [-0.3, -0.25) is 4.79 Å². The van der Waals surface area contributed by atoms with E-state index < -0.39 is 12.0 Å². The molecule has 1 unspecified atom stereocenters. The van der Waals surface area contributed by atoms with Crippen molar-refractivity contribution in [3.8, 4) is 0 Å². The molecular weight excluding hydrogens is 360 g/mol. The molecule has 0 radical (unpaired) electrons. The van der Waals surface area contributed by atoms with Gasteiger partial charge in [-0.1, -0.05) is 12.1 Å². The smallest absolute Gasteiger partial charge is 0.326 e. The van der Waals surface area contributed by atoms with Crippen molar-refractivity contribution in [3.05, 3.63) is 41.2 Å². The van der Waals surface area contributed by atoms with E-state index in [2.05, 4.69) is 10.4 Å². The predicted octanol–water partition coefficient (Wildman–Crippen LogP) is 2.04. The minimum atomic E-state index is -1.07. The molecule has 0 bridgehead atoms. The molecule has 3 rings (SSSR count). The van der Waals surface area contributed by atoms with Gasteiger partial charge in [0.1, 0.15) is 6.04 Å². The van der Waals surface area contributed by atoms with Gasteiger partial charge in [0.05, 0.1) is 5.52 Å². The van der Waals surface area contributed by atoms with Crippen LogP contribution in [0.3, 0.4) is 0 Å². The summed E-state index contributed by atoms with van der Waals surface area (Å²) in [5.41, 5.74) is 4.39. The van der Waals surface area contributed by atoms with Crippen LogP contribution < -0.4 is 5.32 Å². The Kier molecular flexibility index (Phi) is 5.89. The maximum atomic E-state index is 12.3. The molecule has 3 aromatic rings. The number of fused-ring (bicyclic) bond motifs is 3. The first-order valence-corrected chi connectivity index (χ1v) is 9.17. The van der Waals surface area contributed by atoms with Gasteiger partial charge < -0.3 is 15.2 Å². The van der Waals surface area contributed by atoms with Crippen molar-refractivity contribution in [1.82, 2.24) is 19.9 Å². The number of aryl methyl sites for hydroxylation is 2. The second kappa shape index (κ2) is 8.35. The van der Waals surface area contributed by atoms with Crippen molar-refractivity contribution in [3.63, 3.8) is 0 Å². The zero-order valence-electron chi connectivity index (χ0n) is 16.2. The summed E-state index contributed by atoms with van der Waals surface area (Å²) < 4.78 is 6.71. The van der Waals surface area contributed by atoms with Gasteiger partial charge in [-0.05, 0) is 38.0 Å². The molecule has 0 spiro atoms. The summed E-state index contributed by atoms with van der Waals surface area (Å²) in [4.78, 5) is 28.2. The number of nitrogens with zero attached hydrogens (tertiary/aromatic N) is 3. The fraction of sp³-hybridized carbons (Fsp3) is 0.400. The second-order valence-corrected chi connectivity index (χ2v) is 6.75. The molecule has 1 amide bonds. The van der Waals surface area contributed by atoms with E-state index in [1.165, 1.54) is 7.11 Å². The van der Waals surface area contributed by atoms with E-state index in [0.717, 1.165) is 33.5 Å². The van der Waals surface area contributed by atoms with Crippen LogP contribution in [0.15, 0.2) is 24.3 Å². The Labute approximate surface area is 162 Å². The number of carboxylic acid groups (broad SMARTS) is 1. The first-order valence-electron chi connectivity index (χ1n) is 9.17. The highest BCUT2D eigenvalue weighted by Gasteiger charge is 2.20. The van der Waals surface area contributed by atoms with E-state index >= 15 is 0 Å². The molecular formula is C20H24N4O4. The normalized spacial score (nSPS) is 12.4. The Bertz CT molecular complexity index is 1030. The number of carbonyl (C=O) groups is 2. The minimum Gasteiger partial charge on any atom is -0.480 e. The maximum absolute atomic E-state index is 12.3. The zero-order chi connectivity index (χ0) is 20.3. The molecule has 2 aromatic heterocycles. The van der Waals surface area contributed by atoms with E-state index in [9.17, 15) is 14.7 Å². The largest absolute Gasteiger partial charge is 0.480 e. The van der Waals surface area contributed by atoms with Crippen molar-refractivity contribution in [2.24, 2.45) is 0 Å². The van der Waals surface area contributed by atoms with Crippen molar-refractivity contribution in [2.75, 3.05) is 13.7 Å². The van der Waals surface area contributed by atoms with Crippen molar-refractivity contribution >= 4 is 28.4 Å². The SMILES string of the molecule is COCCC(NC(=O)CCc1c(C)nc2c3ccccc3nn2c1C)C(=O)O. The number of aliphatic carboxylic acids is 1. The van der Waals surface area contributed by atoms with Crippen LogP contribution in [-0.2, 0) is 20.7 Å². The maximum Gasteiger partial charge on any atom is 0.326 e. The third kappa shape index (κ3) is 3.96. The van der Waals surface area contributed by atoms with Gasteiger partial charge in [0.15, 0.2) is 5.65 Å². The molecule has 0 saturated carbocycles. The molecule has 1 atom stereocenters. The monoisotopic (exact) mass is 384 g/mol. The van der Waals surface area contributed by atoms with Gasteiger partial charge in [0.2, 0.25) is 5.91 Å². The van der Waals surface area contributed by atoms with Gasteiger partial charge in [0.25, 0.3) is 0 Å². The summed E-state index contributed by atoms with van der Waals surface area (Å²) in [6, 6.07) is 6.87. The Morgan fingerprint density at radius 1 is 1.29 bits per heavy atom. The number of methoxy groups -OCH3 is 1. The molecule has 0 fully saturated rings. The van der Waals surface area contributed by atoms with Crippen LogP contribution in [0.4, 0.5) is 0 Å². The molecule has 0 saturated heterocycles. The molecule has 28 heavy (non-hydrogen) atoms. The molecule has 8 nitrogen and oxygen atoms in total. The van der Waals surface area contributed by atoms with E-state index in [1.54, 1.807) is 0 Å². The number of carboxylic acids is 1. The Morgan fingerprint density at radius 3 is 2.75 bits per heavy atom. The molecule has 148 valence electrons. The van der Waals surface area contributed by atoms with E-state index in [4.69, 9.17) is 9.72 Å². The van der Waals surface area contributed by atoms with Crippen molar-refractivity contribution in [1.29, 1.82) is 0 Å². The number of aromatic nitrogens is 3. The highest BCUT2D eigenvalue weighted by molar-refractivity contribution is 5.92. The van der Waals surface area contributed by atoms with E-state index in [1.807, 2.05) is 42.6 Å². The van der Waals surface area contributed by atoms with Crippen molar-refractivity contribution in [2.45, 2.75) is 39.2 Å². The third-order valence-electron chi connectivity index (χ3n) is 4.86. The van der Waals surface area contributed by atoms with Crippen LogP contribution in [0, 0.1) is 13.8 Å². The Morgan fingerprint density at radius 2 is 2.04 bits per heavy atom. The lowest BCUT2D eigenvalue weighted by Crippen LogP contribution is -2.41. The molecule has 0 aliphatic heterocycles. The topological polar surface area (TPSA) is 106 Å². The van der Waals surface area contributed by atoms with Crippen LogP contribution in [0.5, 0.6) is 0 Å². The number of amides is 1. The number of nitrogens with one attached hydrogen (secondary N) is 1. The highest BCUT2D eigenvalue weighted by Crippen LogP contribution is 2.22. The number of hydrogen-bond acceptors (Lipinski definition) is 5. The molecule has 2 N–H and O–H groups in total. The van der Waals surface area contributed by atoms with Gasteiger partial charge in [-0.15, -0.1) is 0 Å². The summed E-state index contributed by atoms with van der Waals surface area (Å²) in [6.07, 6.45) is 0.856. The Balaban J connectivity index is 1.78. The number of rotatable bonds is 8. The molecule has 0 aliphatic rings. The lowest BCUT2D eigenvalue weighted by molar-refractivity contribution is -0.142. The molecule has 8 heteroatoms. The lowest BCUT2D eigenvalue weighted by Gasteiger charge is -2.15. The summed E-state index contributed by atoms with van der Waals surface area (Å²) in [5, 5.41) is 17.4. The standard InChI is InChI=1S/C20H24N4O4/c1-12-14(8-9-18(25)22-17(20(26)27)10-11-28-3)13(2)24-19(21-12)15-6-4-5-7-16(15)23-24/h4-7,17H,8-11H2,1-3H3,(H,22,25)(H,26,27). The van der Waals surface area contributed by atoms with Crippen LogP contribution in [-0.4, -0.2) is 51.3 Å². The van der Waals surface area contributed by atoms with Crippen LogP contribution in [0.1, 0.15) is 29.8 Å². The zero-order valence-corrected chi connectivity index (χ0v) is 16.2. The first kappa shape index (κ1) is 19.8. The highest BCUT2D eigenvalue weighted by atomic mass is 16.5. The van der Waals surface area contributed by atoms with Gasteiger partial charge in [0, 0.05) is 43.3 Å². The van der Waals surface area contributed by atoms with Gasteiger partial charge in [-0.2, -0.15) is 5.10 Å². The van der Waals surface area contributed by atoms with E-state index in [0.29, 0.717) is 6.42 Å². The fourth-order valence-corrected chi connectivity index (χ4v) is 3.34. The average molecular weight is 384 g/mol. The molecule has 2 heterocycles.